The molecule has 0 aliphatic carbocycles. The van der Waals surface area contributed by atoms with Crippen LogP contribution in [0.3, 0.4) is 0 Å². The van der Waals surface area contributed by atoms with Crippen LogP contribution >= 0.6 is 11.6 Å². The Balaban J connectivity index is 2.46. The van der Waals surface area contributed by atoms with Gasteiger partial charge in [-0.05, 0) is 30.3 Å². The third-order valence-electron chi connectivity index (χ3n) is 2.11. The number of hydrogen-bond acceptors (Lipinski definition) is 2. The maximum absolute atomic E-state index is 12.2. The highest BCUT2D eigenvalue weighted by atomic mass is 35.5. The van der Waals surface area contributed by atoms with Gasteiger partial charge >= 0.3 is 0 Å². The van der Waals surface area contributed by atoms with Crippen molar-refractivity contribution in [2.45, 2.75) is 9.79 Å². The van der Waals surface area contributed by atoms with Gasteiger partial charge in [-0.15, -0.1) is 0 Å². The Hall–Kier alpha value is -1.32. The first kappa shape index (κ1) is 11.2. The normalized spacial score (nSPS) is 12.3. The molecule has 0 amide bonds. The van der Waals surface area contributed by atoms with E-state index in [9.17, 15) is 4.21 Å². The van der Waals surface area contributed by atoms with Crippen LogP contribution in [0.5, 0.6) is 0 Å². The van der Waals surface area contributed by atoms with Crippen molar-refractivity contribution in [1.82, 2.24) is 0 Å². The zero-order chi connectivity index (χ0) is 11.5. The smallest absolute Gasteiger partial charge is 0.0865 e. The molecule has 16 heavy (non-hydrogen) atoms. The highest BCUT2D eigenvalue weighted by Crippen LogP contribution is 2.26. The highest BCUT2D eigenvalue weighted by Gasteiger charge is 2.10. The minimum atomic E-state index is -1.28. The molecule has 2 aromatic carbocycles. The molecule has 0 radical (unpaired) electrons. The fraction of sp³-hybridized carbons (Fsp3) is 0. The third kappa shape index (κ3) is 2.26. The summed E-state index contributed by atoms with van der Waals surface area (Å²) in [6.07, 6.45) is 0. The Morgan fingerprint density at radius 3 is 2.44 bits per heavy atom. The highest BCUT2D eigenvalue weighted by molar-refractivity contribution is 7.85. The maximum atomic E-state index is 12.2. The molecule has 0 aliphatic rings. The van der Waals surface area contributed by atoms with E-state index >= 15 is 0 Å². The van der Waals surface area contributed by atoms with Crippen LogP contribution in [-0.4, -0.2) is 4.21 Å². The van der Waals surface area contributed by atoms with Crippen molar-refractivity contribution < 1.29 is 4.21 Å². The van der Waals surface area contributed by atoms with Gasteiger partial charge in [-0.25, -0.2) is 4.21 Å². The average molecular weight is 252 g/mol. The lowest BCUT2D eigenvalue weighted by Gasteiger charge is -2.05. The van der Waals surface area contributed by atoms with Crippen molar-refractivity contribution in [3.05, 3.63) is 53.6 Å². The summed E-state index contributed by atoms with van der Waals surface area (Å²) in [7, 11) is -1.28. The van der Waals surface area contributed by atoms with Gasteiger partial charge in [-0.2, -0.15) is 0 Å². The van der Waals surface area contributed by atoms with Crippen LogP contribution in [0.25, 0.3) is 0 Å². The van der Waals surface area contributed by atoms with Gasteiger partial charge in [0.05, 0.1) is 20.7 Å². The van der Waals surface area contributed by atoms with E-state index in [1.807, 2.05) is 18.2 Å². The summed E-state index contributed by atoms with van der Waals surface area (Å²) >= 11 is 5.99. The number of halogens is 1. The van der Waals surface area contributed by atoms with E-state index < -0.39 is 10.8 Å². The molecular formula is C12H10ClNOS. The first-order valence-electron chi connectivity index (χ1n) is 4.70. The number of benzene rings is 2. The molecule has 2 N–H and O–H groups in total. The molecule has 4 heteroatoms. The molecule has 0 fully saturated rings. The second-order valence-corrected chi connectivity index (χ2v) is 5.13. The average Bonchev–Trinajstić information content (AvgIpc) is 2.32. The van der Waals surface area contributed by atoms with E-state index in [0.717, 1.165) is 4.90 Å². The largest absolute Gasteiger partial charge is 0.399 e. The van der Waals surface area contributed by atoms with Crippen molar-refractivity contribution in [2.24, 2.45) is 0 Å². The van der Waals surface area contributed by atoms with Crippen LogP contribution in [-0.2, 0) is 10.8 Å². The Labute approximate surface area is 102 Å². The van der Waals surface area contributed by atoms with Crippen molar-refractivity contribution in [3.8, 4) is 0 Å². The molecule has 0 saturated heterocycles. The molecule has 0 heterocycles. The zero-order valence-corrected chi connectivity index (χ0v) is 9.96. The van der Waals surface area contributed by atoms with Gasteiger partial charge in [-0.1, -0.05) is 29.8 Å². The predicted octanol–water partition coefficient (Wildman–Crippen LogP) is 3.09. The van der Waals surface area contributed by atoms with Crippen LogP contribution in [0, 0.1) is 0 Å². The van der Waals surface area contributed by atoms with E-state index in [1.54, 1.807) is 30.3 Å². The molecule has 0 aromatic heterocycles. The van der Waals surface area contributed by atoms with E-state index in [2.05, 4.69) is 0 Å². The number of anilines is 1. The van der Waals surface area contributed by atoms with Crippen molar-refractivity contribution >= 4 is 28.1 Å². The fourth-order valence-electron chi connectivity index (χ4n) is 1.33. The zero-order valence-electron chi connectivity index (χ0n) is 8.39. The summed E-state index contributed by atoms with van der Waals surface area (Å²) in [6.45, 7) is 0. The molecule has 0 spiro atoms. The van der Waals surface area contributed by atoms with Gasteiger partial charge in [0.15, 0.2) is 0 Å². The molecule has 0 saturated carbocycles. The third-order valence-corrected chi connectivity index (χ3v) is 3.99. The molecule has 0 bridgehead atoms. The first-order valence-corrected chi connectivity index (χ1v) is 6.23. The van der Waals surface area contributed by atoms with Gasteiger partial charge in [0.1, 0.15) is 0 Å². The molecule has 2 rings (SSSR count). The van der Waals surface area contributed by atoms with Crippen LogP contribution < -0.4 is 5.73 Å². The molecule has 0 aliphatic heterocycles. The second kappa shape index (κ2) is 4.68. The minimum Gasteiger partial charge on any atom is -0.399 e. The van der Waals surface area contributed by atoms with E-state index in [-0.39, 0.29) is 0 Å². The van der Waals surface area contributed by atoms with Crippen LogP contribution in [0.2, 0.25) is 5.02 Å². The maximum Gasteiger partial charge on any atom is 0.0865 e. The minimum absolute atomic E-state index is 0.469. The summed E-state index contributed by atoms with van der Waals surface area (Å²) in [5.41, 5.74) is 6.21. The fourth-order valence-corrected chi connectivity index (χ4v) is 2.81. The molecular weight excluding hydrogens is 242 g/mol. The van der Waals surface area contributed by atoms with E-state index in [4.69, 9.17) is 17.3 Å². The number of nitrogens with two attached hydrogens (primary N) is 1. The number of rotatable bonds is 2. The topological polar surface area (TPSA) is 43.1 Å². The van der Waals surface area contributed by atoms with E-state index in [1.165, 1.54) is 0 Å². The van der Waals surface area contributed by atoms with E-state index in [0.29, 0.717) is 15.6 Å². The Kier molecular flexibility index (Phi) is 3.27. The van der Waals surface area contributed by atoms with Gasteiger partial charge in [0.2, 0.25) is 0 Å². The van der Waals surface area contributed by atoms with Crippen molar-refractivity contribution in [1.29, 1.82) is 0 Å². The monoisotopic (exact) mass is 251 g/mol. The Bertz CT molecular complexity index is 528. The second-order valence-electron chi connectivity index (χ2n) is 3.27. The van der Waals surface area contributed by atoms with Gasteiger partial charge in [-0.3, -0.25) is 0 Å². The predicted molar refractivity (Wildman–Crippen MR) is 67.0 cm³/mol. The standard InChI is InChI=1S/C12H10ClNOS/c13-11-7-6-9(14)8-12(11)16(15)10-4-2-1-3-5-10/h1-8H,14H2. The number of hydrogen-bond donors (Lipinski definition) is 1. The molecule has 1 atom stereocenters. The lowest BCUT2D eigenvalue weighted by atomic mass is 10.3. The van der Waals surface area contributed by atoms with Gasteiger partial charge in [0.25, 0.3) is 0 Å². The SMILES string of the molecule is Nc1ccc(Cl)c(S(=O)c2ccccc2)c1. The van der Waals surface area contributed by atoms with Crippen LogP contribution in [0.15, 0.2) is 58.3 Å². The molecule has 2 nitrogen and oxygen atoms in total. The van der Waals surface area contributed by atoms with Crippen LogP contribution in [0.1, 0.15) is 0 Å². The van der Waals surface area contributed by atoms with Crippen LogP contribution in [0.4, 0.5) is 5.69 Å². The lowest BCUT2D eigenvalue weighted by molar-refractivity contribution is 0.683. The summed E-state index contributed by atoms with van der Waals surface area (Å²) in [5, 5.41) is 0.469. The molecule has 82 valence electrons. The number of nitrogen functional groups attached to an aromatic ring is 1. The quantitative estimate of drug-likeness (QED) is 0.834. The molecule has 1 unspecified atom stereocenters. The Morgan fingerprint density at radius 2 is 1.75 bits per heavy atom. The van der Waals surface area contributed by atoms with Crippen molar-refractivity contribution in [2.75, 3.05) is 5.73 Å². The summed E-state index contributed by atoms with van der Waals surface area (Å²) in [6, 6.07) is 14.2. The summed E-state index contributed by atoms with van der Waals surface area (Å²) < 4.78 is 12.2. The van der Waals surface area contributed by atoms with Crippen molar-refractivity contribution in [3.63, 3.8) is 0 Å². The van der Waals surface area contributed by atoms with Gasteiger partial charge < -0.3 is 5.73 Å². The summed E-state index contributed by atoms with van der Waals surface area (Å²) in [4.78, 5) is 1.27. The van der Waals surface area contributed by atoms with Gasteiger partial charge in [0, 0.05) is 10.6 Å². The molecule has 2 aromatic rings. The summed E-state index contributed by atoms with van der Waals surface area (Å²) in [5.74, 6) is 0. The lowest BCUT2D eigenvalue weighted by Crippen LogP contribution is -1.95. The Morgan fingerprint density at radius 1 is 1.06 bits per heavy atom. The first-order chi connectivity index (χ1) is 7.68.